The maximum absolute atomic E-state index is 10.6. The minimum Gasteiger partial charge on any atom is -0.364 e. The third-order valence-electron chi connectivity index (χ3n) is 1.42. The second kappa shape index (κ2) is 3.44. The highest BCUT2D eigenvalue weighted by Gasteiger charge is 2.33. The first-order valence-corrected chi connectivity index (χ1v) is 3.97. The molecule has 1 atom stereocenters. The number of carbonyl (C=O) groups excluding carboxylic acids is 1. The van der Waals surface area contributed by atoms with Gasteiger partial charge in [0, 0.05) is 5.56 Å². The van der Waals surface area contributed by atoms with Gasteiger partial charge in [0.2, 0.25) is 5.06 Å². The molecule has 0 saturated carbocycles. The zero-order valence-electron chi connectivity index (χ0n) is 6.00. The van der Waals surface area contributed by atoms with E-state index in [4.69, 9.17) is 23.2 Å². The van der Waals surface area contributed by atoms with Crippen molar-refractivity contribution in [1.82, 2.24) is 0 Å². The van der Waals surface area contributed by atoms with Gasteiger partial charge in [-0.2, -0.15) is 0 Å². The van der Waals surface area contributed by atoms with E-state index in [1.165, 1.54) is 12.1 Å². The Labute approximate surface area is 79.7 Å². The molecule has 12 heavy (non-hydrogen) atoms. The molecular formula is C8H6Cl2O2. The van der Waals surface area contributed by atoms with Gasteiger partial charge in [0.05, 0.1) is 0 Å². The van der Waals surface area contributed by atoms with Crippen molar-refractivity contribution in [3.8, 4) is 0 Å². The van der Waals surface area contributed by atoms with E-state index in [-0.39, 0.29) is 5.56 Å². The van der Waals surface area contributed by atoms with Crippen LogP contribution in [0, 0.1) is 0 Å². The lowest BCUT2D eigenvalue weighted by Crippen LogP contribution is -2.25. The van der Waals surface area contributed by atoms with Gasteiger partial charge in [-0.05, 0) is 11.6 Å². The summed E-state index contributed by atoms with van der Waals surface area (Å²) >= 11 is 10.6. The maximum Gasteiger partial charge on any atom is 0.273 e. The monoisotopic (exact) mass is 204 g/mol. The topological polar surface area (TPSA) is 37.3 Å². The second-order valence-corrected chi connectivity index (χ2v) is 3.15. The van der Waals surface area contributed by atoms with Crippen LogP contribution < -0.4 is 0 Å². The third kappa shape index (κ3) is 1.78. The van der Waals surface area contributed by atoms with Crippen molar-refractivity contribution in [1.29, 1.82) is 0 Å². The van der Waals surface area contributed by atoms with Gasteiger partial charge in [-0.1, -0.05) is 41.9 Å². The van der Waals surface area contributed by atoms with Crippen LogP contribution in [-0.4, -0.2) is 10.3 Å². The number of alkyl halides is 1. The summed E-state index contributed by atoms with van der Waals surface area (Å²) in [5.41, 5.74) is 0.270. The molecule has 0 aliphatic rings. The zero-order valence-corrected chi connectivity index (χ0v) is 7.51. The van der Waals surface area contributed by atoms with Crippen molar-refractivity contribution in [2.75, 3.05) is 0 Å². The highest BCUT2D eigenvalue weighted by atomic mass is 35.5. The number of benzene rings is 1. The maximum atomic E-state index is 10.6. The molecule has 1 N–H and O–H groups in total. The molecular weight excluding hydrogens is 199 g/mol. The minimum absolute atomic E-state index is 0.270. The van der Waals surface area contributed by atoms with Crippen molar-refractivity contribution in [3.05, 3.63) is 35.9 Å². The van der Waals surface area contributed by atoms with Crippen LogP contribution >= 0.6 is 23.2 Å². The molecule has 1 unspecified atom stereocenters. The van der Waals surface area contributed by atoms with E-state index in [9.17, 15) is 9.90 Å². The summed E-state index contributed by atoms with van der Waals surface area (Å²) in [4.78, 5) is 10.6. The molecule has 0 bridgehead atoms. The molecule has 0 aliphatic carbocycles. The molecule has 4 heteroatoms. The van der Waals surface area contributed by atoms with Gasteiger partial charge in [-0.3, -0.25) is 4.79 Å². The molecule has 0 radical (unpaired) electrons. The second-order valence-electron chi connectivity index (χ2n) is 2.26. The number of hydrogen-bond acceptors (Lipinski definition) is 2. The Morgan fingerprint density at radius 1 is 1.33 bits per heavy atom. The Kier molecular flexibility index (Phi) is 2.73. The molecule has 64 valence electrons. The summed E-state index contributed by atoms with van der Waals surface area (Å²) in [6.45, 7) is 0. The molecule has 0 aromatic heterocycles. The first kappa shape index (κ1) is 9.52. The van der Waals surface area contributed by atoms with E-state index in [1.807, 2.05) is 0 Å². The first-order chi connectivity index (χ1) is 5.55. The van der Waals surface area contributed by atoms with Gasteiger partial charge in [0.1, 0.15) is 0 Å². The molecule has 0 spiro atoms. The third-order valence-corrected chi connectivity index (χ3v) is 2.18. The van der Waals surface area contributed by atoms with Gasteiger partial charge < -0.3 is 5.11 Å². The molecule has 2 nitrogen and oxygen atoms in total. The van der Waals surface area contributed by atoms with Crippen LogP contribution in [0.1, 0.15) is 5.56 Å². The Balaban J connectivity index is 3.06. The Morgan fingerprint density at radius 2 is 1.83 bits per heavy atom. The summed E-state index contributed by atoms with van der Waals surface area (Å²) in [5.74, 6) is 0. The smallest absolute Gasteiger partial charge is 0.273 e. The lowest BCUT2D eigenvalue weighted by atomic mass is 10.1. The summed E-state index contributed by atoms with van der Waals surface area (Å²) < 4.78 is 0. The Bertz CT molecular complexity index is 282. The Morgan fingerprint density at radius 3 is 2.25 bits per heavy atom. The van der Waals surface area contributed by atoms with Crippen LogP contribution in [0.5, 0.6) is 0 Å². The summed E-state index contributed by atoms with van der Waals surface area (Å²) in [6.07, 6.45) is 0. The molecule has 1 aromatic rings. The van der Waals surface area contributed by atoms with Gasteiger partial charge in [0.15, 0.2) is 0 Å². The highest BCUT2D eigenvalue weighted by Crippen LogP contribution is 2.27. The average Bonchev–Trinajstić information content (AvgIpc) is 2.06. The predicted octanol–water partition coefficient (Wildman–Crippen LogP) is 1.84. The predicted molar refractivity (Wildman–Crippen MR) is 47.1 cm³/mol. The fourth-order valence-corrected chi connectivity index (χ4v) is 1.01. The summed E-state index contributed by atoms with van der Waals surface area (Å²) in [6, 6.07) is 8.10. The molecule has 0 amide bonds. The molecule has 0 saturated heterocycles. The average molecular weight is 205 g/mol. The van der Waals surface area contributed by atoms with Gasteiger partial charge in [-0.25, -0.2) is 0 Å². The van der Waals surface area contributed by atoms with E-state index in [1.54, 1.807) is 18.2 Å². The van der Waals surface area contributed by atoms with E-state index in [2.05, 4.69) is 0 Å². The number of hydrogen-bond donors (Lipinski definition) is 1. The zero-order chi connectivity index (χ0) is 9.19. The number of aliphatic hydroxyl groups is 1. The van der Waals surface area contributed by atoms with Gasteiger partial charge >= 0.3 is 0 Å². The van der Waals surface area contributed by atoms with Crippen LogP contribution in [0.4, 0.5) is 0 Å². The van der Waals surface area contributed by atoms with Gasteiger partial charge in [-0.15, -0.1) is 0 Å². The standard InChI is InChI=1S/C8H6Cl2O2/c9-7(11)8(10,12)6-4-2-1-3-5-6/h1-5,12H. The van der Waals surface area contributed by atoms with Crippen molar-refractivity contribution in [2.24, 2.45) is 0 Å². The fourth-order valence-electron chi connectivity index (χ4n) is 0.772. The fraction of sp³-hybridized carbons (Fsp3) is 0.125. The summed E-state index contributed by atoms with van der Waals surface area (Å²) in [5, 5.41) is 6.23. The number of carbonyl (C=O) groups is 1. The van der Waals surface area contributed by atoms with E-state index in [0.29, 0.717) is 0 Å². The van der Waals surface area contributed by atoms with Crippen LogP contribution in [-0.2, 0) is 9.85 Å². The Hall–Kier alpha value is -0.570. The molecule has 0 aliphatic heterocycles. The quantitative estimate of drug-likeness (QED) is 0.590. The van der Waals surface area contributed by atoms with E-state index >= 15 is 0 Å². The lowest BCUT2D eigenvalue weighted by molar-refractivity contribution is -0.122. The minimum atomic E-state index is -2.11. The van der Waals surface area contributed by atoms with Crippen LogP contribution in [0.15, 0.2) is 30.3 Å². The molecule has 1 aromatic carbocycles. The molecule has 0 heterocycles. The first-order valence-electron chi connectivity index (χ1n) is 3.22. The molecule has 1 rings (SSSR count). The van der Waals surface area contributed by atoms with Crippen molar-refractivity contribution >= 4 is 28.4 Å². The summed E-state index contributed by atoms with van der Waals surface area (Å²) in [7, 11) is 0. The normalized spacial score (nSPS) is 15.2. The van der Waals surface area contributed by atoms with Gasteiger partial charge in [0.25, 0.3) is 5.24 Å². The van der Waals surface area contributed by atoms with Crippen LogP contribution in [0.2, 0.25) is 0 Å². The molecule has 0 fully saturated rings. The lowest BCUT2D eigenvalue weighted by Gasteiger charge is -2.15. The van der Waals surface area contributed by atoms with Crippen LogP contribution in [0.25, 0.3) is 0 Å². The highest BCUT2D eigenvalue weighted by molar-refractivity contribution is 6.69. The number of halogens is 2. The van der Waals surface area contributed by atoms with E-state index in [0.717, 1.165) is 0 Å². The SMILES string of the molecule is O=C(Cl)C(O)(Cl)c1ccccc1. The van der Waals surface area contributed by atoms with Crippen LogP contribution in [0.3, 0.4) is 0 Å². The number of rotatable bonds is 2. The van der Waals surface area contributed by atoms with E-state index < -0.39 is 10.3 Å². The van der Waals surface area contributed by atoms with Crippen molar-refractivity contribution < 1.29 is 9.90 Å². The van der Waals surface area contributed by atoms with Crippen molar-refractivity contribution in [2.45, 2.75) is 5.06 Å². The van der Waals surface area contributed by atoms with Crippen molar-refractivity contribution in [3.63, 3.8) is 0 Å². The largest absolute Gasteiger partial charge is 0.364 e.